The number of piperidine rings is 2. The van der Waals surface area contributed by atoms with Crippen LogP contribution in [-0.2, 0) is 18.9 Å². The van der Waals surface area contributed by atoms with Crippen LogP contribution in [0.2, 0.25) is 10.0 Å². The van der Waals surface area contributed by atoms with Gasteiger partial charge in [-0.3, -0.25) is 69.3 Å². The predicted octanol–water partition coefficient (Wildman–Crippen LogP) is 23.0. The van der Waals surface area contributed by atoms with Crippen LogP contribution in [0.5, 0.6) is 34.5 Å². The maximum atomic E-state index is 13.4. The summed E-state index contributed by atoms with van der Waals surface area (Å²) in [6, 6.07) is 81.3. The molecule has 0 bridgehead atoms. The van der Waals surface area contributed by atoms with Crippen molar-refractivity contribution < 1.29 is 54.0 Å². The Balaban J connectivity index is 0.000000124. The second-order valence-electron chi connectivity index (χ2n) is 36.1. The number of ether oxygens (including phenoxy) is 4. The van der Waals surface area contributed by atoms with Crippen molar-refractivity contribution in [3.05, 3.63) is 382 Å². The van der Waals surface area contributed by atoms with Gasteiger partial charge in [-0.1, -0.05) is 209 Å². The molecular weight excluding hydrogens is 1850 g/mol. The van der Waals surface area contributed by atoms with Gasteiger partial charge in [0.25, 0.3) is 0 Å². The third kappa shape index (κ3) is 24.1. The summed E-state index contributed by atoms with van der Waals surface area (Å²) in [4.78, 5) is 49.2. The number of fused-ring (bicyclic) bond motifs is 6. The Morgan fingerprint density at radius 1 is 0.257 bits per heavy atom. The number of pyridine rings is 8. The van der Waals surface area contributed by atoms with E-state index in [9.17, 15) is 35.0 Å². The van der Waals surface area contributed by atoms with Gasteiger partial charge in [0.1, 0.15) is 73.4 Å². The molecule has 0 aliphatic carbocycles. The first kappa shape index (κ1) is 104. The highest BCUT2D eigenvalue weighted by Gasteiger charge is 2.35. The third-order valence-corrected chi connectivity index (χ3v) is 28.0. The molecule has 27 heteroatoms. The maximum absolute atomic E-state index is 13.4. The van der Waals surface area contributed by atoms with Crippen LogP contribution in [0.1, 0.15) is 158 Å². The molecule has 0 saturated carbocycles. The van der Waals surface area contributed by atoms with Crippen LogP contribution in [0.15, 0.2) is 304 Å². The first-order valence-electron chi connectivity index (χ1n) is 48.9. The van der Waals surface area contributed by atoms with Crippen molar-refractivity contribution in [1.82, 2.24) is 69.3 Å². The summed E-state index contributed by atoms with van der Waals surface area (Å²) in [5.41, 5.74) is 13.9. The molecule has 0 spiro atoms. The largest absolute Gasteiger partial charge is 0.505 e. The van der Waals surface area contributed by atoms with Crippen molar-refractivity contribution in [3.63, 3.8) is 0 Å². The number of hydrogen-bond donors (Lipinski definition) is 6. The molecule has 6 saturated heterocycles. The van der Waals surface area contributed by atoms with E-state index in [4.69, 9.17) is 42.1 Å². The molecule has 0 amide bonds. The fourth-order valence-electron chi connectivity index (χ4n) is 20.3. The van der Waals surface area contributed by atoms with Gasteiger partial charge in [0.05, 0.1) is 104 Å². The number of phenols is 6. The van der Waals surface area contributed by atoms with E-state index in [0.29, 0.717) is 56.4 Å². The van der Waals surface area contributed by atoms with Crippen LogP contribution in [-0.4, -0.2) is 231 Å². The number of hydrogen-bond acceptors (Lipinski definition) is 24. The Kier molecular flexibility index (Phi) is 36.1. The molecule has 6 aliphatic rings. The first-order valence-corrected chi connectivity index (χ1v) is 49.7. The third-order valence-electron chi connectivity index (χ3n) is 27.4. The van der Waals surface area contributed by atoms with E-state index in [1.807, 2.05) is 212 Å². The molecule has 0 radical (unpaired) electrons. The van der Waals surface area contributed by atoms with Gasteiger partial charge in [0.15, 0.2) is 0 Å². The summed E-state index contributed by atoms with van der Waals surface area (Å²) in [6.45, 7) is 18.3. The molecule has 14 heterocycles. The summed E-state index contributed by atoms with van der Waals surface area (Å²) in [7, 11) is 0. The van der Waals surface area contributed by atoms with Crippen LogP contribution in [0.3, 0.4) is 0 Å². The number of aromatic nitrogens is 8. The summed E-state index contributed by atoms with van der Waals surface area (Å²) in [5, 5.41) is 71.5. The average molecular weight is 1980 g/mol. The molecule has 8 aromatic heterocycles. The smallest absolute Gasteiger partial charge is 0.147 e. The molecule has 6 aliphatic heterocycles. The highest BCUT2D eigenvalue weighted by Crippen LogP contribution is 2.47. The number of rotatable bonds is 17. The Labute approximate surface area is 850 Å². The van der Waals surface area contributed by atoms with Gasteiger partial charge in [-0.15, -0.1) is 0 Å². The normalized spacial score (nSPS) is 16.9. The Morgan fingerprint density at radius 2 is 0.528 bits per heavy atom. The zero-order chi connectivity index (χ0) is 97.6. The van der Waals surface area contributed by atoms with Gasteiger partial charge >= 0.3 is 0 Å². The SMILES string of the molecule is C.C.CC(c1cc(Cl)c2cccnc2c1O)N1CCOCC1.Oc1c(C(c2ccc(F)cc2)N2CCOCC2)ccc2cccnc12.Oc1c(C(c2ccccc2)N2CCOCC2)ccc2cccnc12.Oc1c(C(c2ccccc2)N2CCOCC2)ccc2cccnc12.Oc1c(C(c2ccccn2)N2CCCCC2)cc(Cl)c2cccnc12.Oc1c(C(c2ccccn2)N2CCCCC2)ccc2cccnc12. The molecule has 6 atom stereocenters. The van der Waals surface area contributed by atoms with Gasteiger partial charge in [-0.25, -0.2) is 4.39 Å². The number of phenolic OH excluding ortho intramolecular Hbond substituents is 6. The number of benzene rings is 9. The van der Waals surface area contributed by atoms with Crippen molar-refractivity contribution in [3.8, 4) is 34.5 Å². The van der Waals surface area contributed by atoms with Gasteiger partial charge in [0.2, 0.25) is 0 Å². The summed E-state index contributed by atoms with van der Waals surface area (Å²) < 4.78 is 35.2. The Bertz CT molecular complexity index is 6700. The molecular formula is C117H125Cl2FN14O10. The highest BCUT2D eigenvalue weighted by atomic mass is 35.5. The summed E-state index contributed by atoms with van der Waals surface area (Å²) in [6.07, 6.45) is 21.0. The van der Waals surface area contributed by atoms with E-state index < -0.39 is 0 Å². The Hall–Kier alpha value is -13.4. The molecule has 9 aromatic carbocycles. The molecule has 23 rings (SSSR count). The molecule has 6 unspecified atom stereocenters. The molecule has 744 valence electrons. The fourth-order valence-corrected chi connectivity index (χ4v) is 20.8. The van der Waals surface area contributed by atoms with Crippen LogP contribution < -0.4 is 0 Å². The monoisotopic (exact) mass is 1970 g/mol. The van der Waals surface area contributed by atoms with Gasteiger partial charge in [-0.05, 0) is 173 Å². The van der Waals surface area contributed by atoms with Crippen molar-refractivity contribution >= 4 is 88.6 Å². The lowest BCUT2D eigenvalue weighted by Gasteiger charge is -2.35. The van der Waals surface area contributed by atoms with Crippen LogP contribution in [0, 0.1) is 5.82 Å². The van der Waals surface area contributed by atoms with Crippen molar-refractivity contribution in [2.75, 3.05) is 131 Å². The summed E-state index contributed by atoms with van der Waals surface area (Å²) >= 11 is 12.8. The lowest BCUT2D eigenvalue weighted by molar-refractivity contribution is 0.0195. The van der Waals surface area contributed by atoms with Crippen LogP contribution >= 0.6 is 23.2 Å². The molecule has 6 fully saturated rings. The molecule has 24 nitrogen and oxygen atoms in total. The topological polar surface area (TPSA) is 281 Å². The number of morpholine rings is 4. The van der Waals surface area contributed by atoms with E-state index >= 15 is 0 Å². The minimum atomic E-state index is -0.270. The Morgan fingerprint density at radius 3 is 0.868 bits per heavy atom. The lowest BCUT2D eigenvalue weighted by Crippen LogP contribution is -2.39. The average Bonchev–Trinajstić information content (AvgIpc) is 0.758. The minimum absolute atomic E-state index is 0. The van der Waals surface area contributed by atoms with Crippen molar-refractivity contribution in [2.45, 2.75) is 96.6 Å². The molecule has 144 heavy (non-hydrogen) atoms. The number of halogens is 3. The minimum Gasteiger partial charge on any atom is -0.505 e. The predicted molar refractivity (Wildman–Crippen MR) is 570 cm³/mol. The second-order valence-corrected chi connectivity index (χ2v) is 36.9. The maximum Gasteiger partial charge on any atom is 0.147 e. The van der Waals surface area contributed by atoms with Crippen molar-refractivity contribution in [2.24, 2.45) is 0 Å². The van der Waals surface area contributed by atoms with E-state index in [2.05, 4.69) is 100 Å². The van der Waals surface area contributed by atoms with Gasteiger partial charge < -0.3 is 49.6 Å². The van der Waals surface area contributed by atoms with Gasteiger partial charge in [-0.2, -0.15) is 0 Å². The van der Waals surface area contributed by atoms with E-state index in [-0.39, 0.29) is 91.4 Å². The van der Waals surface area contributed by atoms with E-state index in [0.717, 1.165) is 214 Å². The standard InChI is InChI=1S/C20H20ClN3O.C20H19FN2O2.C20H21N3O.2C20H20N2O2.C15H17ClN2O2.2CH4/c21-16-13-15(20(25)18-14(16)7-6-10-23-18)19(17-8-2-3-9-22-17)24-11-4-1-5-12-24;21-16-6-3-15(4-7-16)19(23-10-12-25-13-11-23)17-8-5-14-2-1-9-22-18(14)20(17)24;24-20-16(10-9-15-7-6-12-22-18(15)20)19(17-8-2-3-11-21-17)23-13-4-1-5-14-23;2*23-20-17(9-8-15-7-4-10-21-18(15)20)19(16-5-2-1-3-6-16)22-11-13-24-14-12-22;1-10(18-5-7-20-8-6-18)12-9-13(16)11-3-2-4-17-14(11)15(12)19;;/h2-3,6-10,13,19,25H,1,4-5,11-12H2;1-9,19,24H,10-13H2;2-3,6-12,19,24H,1,4-5,13-14H2;2*1-10,19,23H,11-14H2;2-4,9-10,19H,5-8H2,1H3;2*1H4. The van der Waals surface area contributed by atoms with E-state index in [1.54, 1.807) is 55.5 Å². The quantitative estimate of drug-likeness (QED) is 0.0494. The second kappa shape index (κ2) is 50.2. The van der Waals surface area contributed by atoms with Crippen molar-refractivity contribution in [1.29, 1.82) is 0 Å². The zero-order valence-electron chi connectivity index (χ0n) is 79.4. The lowest BCUT2D eigenvalue weighted by atomic mass is 9.94. The number of nitrogens with zero attached hydrogens (tertiary/aromatic N) is 14. The van der Waals surface area contributed by atoms with Crippen LogP contribution in [0.25, 0.3) is 65.4 Å². The summed E-state index contributed by atoms with van der Waals surface area (Å²) in [5.74, 6) is 1.15. The highest BCUT2D eigenvalue weighted by molar-refractivity contribution is 6.36. The van der Waals surface area contributed by atoms with E-state index in [1.165, 1.54) is 48.9 Å². The van der Waals surface area contributed by atoms with Gasteiger partial charge in [0, 0.05) is 174 Å². The zero-order valence-corrected chi connectivity index (χ0v) is 80.9. The number of aromatic hydroxyl groups is 6. The fraction of sp³-hybridized carbons (Fsp3) is 0.299. The first-order chi connectivity index (χ1) is 69.7. The molecule has 6 N–H and O–H groups in total. The number of likely N-dealkylation sites (tertiary alicyclic amines) is 2. The van der Waals surface area contributed by atoms with Crippen LogP contribution in [0.4, 0.5) is 4.39 Å². The molecule has 17 aromatic rings.